The number of nitrogens with zero attached hydrogens (tertiary/aromatic N) is 1. The molecule has 4 nitrogen and oxygen atoms in total. The van der Waals surface area contributed by atoms with Gasteiger partial charge in [0.1, 0.15) is 11.8 Å². The number of furan rings is 1. The average molecular weight is 258 g/mol. The molecule has 1 aromatic heterocycles. The first-order chi connectivity index (χ1) is 9.24. The second kappa shape index (κ2) is 5.15. The van der Waals surface area contributed by atoms with Crippen molar-refractivity contribution in [1.29, 1.82) is 0 Å². The highest BCUT2D eigenvalue weighted by atomic mass is 16.3. The second-order valence-electron chi connectivity index (χ2n) is 5.19. The highest BCUT2D eigenvalue weighted by Crippen LogP contribution is 2.22. The van der Waals surface area contributed by atoms with Gasteiger partial charge in [-0.1, -0.05) is 18.2 Å². The lowest BCUT2D eigenvalue weighted by Gasteiger charge is -2.30. The molecule has 0 spiro atoms. The summed E-state index contributed by atoms with van der Waals surface area (Å²) < 4.78 is 5.43. The van der Waals surface area contributed by atoms with Gasteiger partial charge in [-0.15, -0.1) is 0 Å². The van der Waals surface area contributed by atoms with Gasteiger partial charge in [0.15, 0.2) is 5.78 Å². The van der Waals surface area contributed by atoms with Crippen LogP contribution >= 0.6 is 0 Å². The molecule has 19 heavy (non-hydrogen) atoms. The van der Waals surface area contributed by atoms with E-state index in [4.69, 9.17) is 4.42 Å². The van der Waals surface area contributed by atoms with Gasteiger partial charge in [0.2, 0.25) is 0 Å². The van der Waals surface area contributed by atoms with Crippen LogP contribution in [0.4, 0.5) is 0 Å². The maximum Gasteiger partial charge on any atom is 0.168 e. The van der Waals surface area contributed by atoms with E-state index in [1.807, 2.05) is 24.3 Å². The van der Waals surface area contributed by atoms with E-state index in [1.54, 1.807) is 6.26 Å². The van der Waals surface area contributed by atoms with Crippen LogP contribution in [0.25, 0.3) is 11.0 Å². The van der Waals surface area contributed by atoms with Crippen LogP contribution in [-0.4, -0.2) is 43.4 Å². The molecule has 0 aliphatic carbocycles. The van der Waals surface area contributed by atoms with E-state index in [0.29, 0.717) is 12.0 Å². The van der Waals surface area contributed by atoms with Crippen LogP contribution in [0.3, 0.4) is 0 Å². The molecule has 1 fully saturated rings. The number of hydrogen-bond donors (Lipinski definition) is 1. The fraction of sp³-hybridized carbons (Fsp3) is 0.400. The minimum Gasteiger partial charge on any atom is -0.464 e. The van der Waals surface area contributed by atoms with E-state index >= 15 is 0 Å². The van der Waals surface area contributed by atoms with Gasteiger partial charge in [0.25, 0.3) is 0 Å². The van der Waals surface area contributed by atoms with Crippen molar-refractivity contribution in [2.45, 2.75) is 12.5 Å². The zero-order chi connectivity index (χ0) is 13.2. The first-order valence-corrected chi connectivity index (χ1v) is 6.65. The van der Waals surface area contributed by atoms with Crippen LogP contribution in [0.1, 0.15) is 16.8 Å². The Bertz CT molecular complexity index is 591. The lowest BCUT2D eigenvalue weighted by molar-refractivity contribution is 0.0952. The third-order valence-electron chi connectivity index (χ3n) is 3.67. The fourth-order valence-corrected chi connectivity index (χ4v) is 2.66. The number of Topliss-reactive ketones (excluding diaryl/α,β-unsaturated/α-hetero) is 1. The summed E-state index contributed by atoms with van der Waals surface area (Å²) in [7, 11) is 2.09. The van der Waals surface area contributed by atoms with Gasteiger partial charge in [-0.2, -0.15) is 0 Å². The maximum absolute atomic E-state index is 12.4. The first kappa shape index (κ1) is 12.4. The molecule has 0 saturated carbocycles. The summed E-state index contributed by atoms with van der Waals surface area (Å²) >= 11 is 0. The summed E-state index contributed by atoms with van der Waals surface area (Å²) in [5.41, 5.74) is 1.48. The summed E-state index contributed by atoms with van der Waals surface area (Å²) in [5.74, 6) is 0.151. The number of rotatable bonds is 3. The van der Waals surface area contributed by atoms with Crippen molar-refractivity contribution in [3.8, 4) is 0 Å². The number of benzene rings is 1. The molecule has 1 unspecified atom stereocenters. The predicted molar refractivity (Wildman–Crippen MR) is 74.4 cm³/mol. The van der Waals surface area contributed by atoms with E-state index in [-0.39, 0.29) is 11.8 Å². The van der Waals surface area contributed by atoms with Crippen LogP contribution in [0, 0.1) is 0 Å². The van der Waals surface area contributed by atoms with E-state index in [0.717, 1.165) is 30.6 Å². The number of hydrogen-bond acceptors (Lipinski definition) is 4. The average Bonchev–Trinajstić information content (AvgIpc) is 2.82. The van der Waals surface area contributed by atoms with Gasteiger partial charge in [0, 0.05) is 37.5 Å². The summed E-state index contributed by atoms with van der Waals surface area (Å²) in [6.07, 6.45) is 2.10. The van der Waals surface area contributed by atoms with Gasteiger partial charge in [-0.25, -0.2) is 0 Å². The minimum atomic E-state index is 0.151. The van der Waals surface area contributed by atoms with Crippen molar-refractivity contribution in [1.82, 2.24) is 10.2 Å². The molecule has 1 aromatic carbocycles. The molecular weight excluding hydrogens is 240 g/mol. The minimum absolute atomic E-state index is 0.151. The van der Waals surface area contributed by atoms with Crippen molar-refractivity contribution in [3.63, 3.8) is 0 Å². The second-order valence-corrected chi connectivity index (χ2v) is 5.19. The number of likely N-dealkylation sites (N-methyl/N-ethyl adjacent to an activating group) is 1. The Morgan fingerprint density at radius 1 is 1.47 bits per heavy atom. The Labute approximate surface area is 112 Å². The quantitative estimate of drug-likeness (QED) is 0.854. The monoisotopic (exact) mass is 258 g/mol. The molecule has 1 aliphatic rings. The molecule has 4 heteroatoms. The fourth-order valence-electron chi connectivity index (χ4n) is 2.66. The van der Waals surface area contributed by atoms with E-state index < -0.39 is 0 Å². The molecule has 100 valence electrons. The Balaban J connectivity index is 1.76. The zero-order valence-corrected chi connectivity index (χ0v) is 11.1. The van der Waals surface area contributed by atoms with Crippen molar-refractivity contribution in [3.05, 3.63) is 36.1 Å². The van der Waals surface area contributed by atoms with Gasteiger partial charge in [-0.05, 0) is 13.1 Å². The van der Waals surface area contributed by atoms with E-state index in [1.165, 1.54) is 0 Å². The van der Waals surface area contributed by atoms with Crippen molar-refractivity contribution in [2.75, 3.05) is 26.7 Å². The number of para-hydroxylation sites is 1. The summed E-state index contributed by atoms with van der Waals surface area (Å²) in [6, 6.07) is 7.91. The Kier molecular flexibility index (Phi) is 3.36. The van der Waals surface area contributed by atoms with Crippen molar-refractivity contribution >= 4 is 16.8 Å². The molecule has 0 amide bonds. The standard InChI is InChI=1S/C15H18N2O2/c1-17-7-6-16-11(9-17)8-14(18)13-10-19-15-5-3-2-4-12(13)15/h2-5,10-11,16H,6-9H2,1H3. The van der Waals surface area contributed by atoms with Gasteiger partial charge < -0.3 is 14.6 Å². The van der Waals surface area contributed by atoms with Gasteiger partial charge in [0.05, 0.1) is 5.56 Å². The third kappa shape index (κ3) is 2.55. The lowest BCUT2D eigenvalue weighted by Crippen LogP contribution is -2.49. The number of nitrogens with one attached hydrogen (secondary N) is 1. The molecule has 1 N–H and O–H groups in total. The molecule has 1 aliphatic heterocycles. The highest BCUT2D eigenvalue weighted by Gasteiger charge is 2.22. The molecule has 0 radical (unpaired) electrons. The predicted octanol–water partition coefficient (Wildman–Crippen LogP) is 1.91. The van der Waals surface area contributed by atoms with Crippen LogP contribution in [0.2, 0.25) is 0 Å². The molecular formula is C15H18N2O2. The lowest BCUT2D eigenvalue weighted by atomic mass is 10.0. The Hall–Kier alpha value is -1.65. The Morgan fingerprint density at radius 2 is 2.32 bits per heavy atom. The molecule has 2 heterocycles. The number of carbonyl (C=O) groups excluding carboxylic acids is 1. The normalized spacial score (nSPS) is 20.8. The number of carbonyl (C=O) groups is 1. The van der Waals surface area contributed by atoms with Gasteiger partial charge >= 0.3 is 0 Å². The van der Waals surface area contributed by atoms with Crippen LogP contribution in [0.15, 0.2) is 34.9 Å². The smallest absolute Gasteiger partial charge is 0.168 e. The topological polar surface area (TPSA) is 45.5 Å². The summed E-state index contributed by atoms with van der Waals surface area (Å²) in [6.45, 7) is 2.90. The SMILES string of the molecule is CN1CCNC(CC(=O)c2coc3ccccc23)C1. The molecule has 0 bridgehead atoms. The first-order valence-electron chi connectivity index (χ1n) is 6.65. The number of piperazine rings is 1. The highest BCUT2D eigenvalue weighted by molar-refractivity contribution is 6.07. The van der Waals surface area contributed by atoms with Crippen LogP contribution < -0.4 is 5.32 Å². The van der Waals surface area contributed by atoms with Crippen LogP contribution in [0.5, 0.6) is 0 Å². The molecule has 2 aromatic rings. The zero-order valence-electron chi connectivity index (χ0n) is 11.1. The molecule has 3 rings (SSSR count). The van der Waals surface area contributed by atoms with E-state index in [9.17, 15) is 4.79 Å². The summed E-state index contributed by atoms with van der Waals surface area (Å²) in [5, 5.41) is 4.31. The van der Waals surface area contributed by atoms with E-state index in [2.05, 4.69) is 17.3 Å². The number of fused-ring (bicyclic) bond motifs is 1. The summed E-state index contributed by atoms with van der Waals surface area (Å²) in [4.78, 5) is 14.6. The van der Waals surface area contributed by atoms with Crippen molar-refractivity contribution < 1.29 is 9.21 Å². The third-order valence-corrected chi connectivity index (χ3v) is 3.67. The molecule has 1 atom stereocenters. The molecule has 1 saturated heterocycles. The maximum atomic E-state index is 12.4. The Morgan fingerprint density at radius 3 is 3.16 bits per heavy atom. The largest absolute Gasteiger partial charge is 0.464 e. The van der Waals surface area contributed by atoms with Gasteiger partial charge in [-0.3, -0.25) is 4.79 Å². The van der Waals surface area contributed by atoms with Crippen LogP contribution in [-0.2, 0) is 0 Å². The van der Waals surface area contributed by atoms with Crippen molar-refractivity contribution in [2.24, 2.45) is 0 Å². The number of ketones is 1.